The van der Waals surface area contributed by atoms with Crippen LogP contribution >= 0.6 is 0 Å². The molecule has 28 heavy (non-hydrogen) atoms. The number of nitrogens with one attached hydrogen (secondary N) is 1. The van der Waals surface area contributed by atoms with Crippen LogP contribution in [0.2, 0.25) is 0 Å². The van der Waals surface area contributed by atoms with Crippen molar-refractivity contribution in [2.45, 2.75) is 26.2 Å². The fourth-order valence-corrected chi connectivity index (χ4v) is 2.93. The van der Waals surface area contributed by atoms with Crippen LogP contribution in [-0.2, 0) is 11.2 Å². The van der Waals surface area contributed by atoms with Crippen molar-refractivity contribution in [2.24, 2.45) is 0 Å². The van der Waals surface area contributed by atoms with Gasteiger partial charge in [0.1, 0.15) is 17.1 Å². The molecule has 0 fully saturated rings. The van der Waals surface area contributed by atoms with Gasteiger partial charge in [-0.05, 0) is 47.7 Å². The molecular weight excluding hydrogens is 361 g/mol. The fraction of sp³-hybridized carbons (Fsp3) is 0.273. The molecule has 6 heteroatoms. The quantitative estimate of drug-likeness (QED) is 0.630. The van der Waals surface area contributed by atoms with E-state index in [1.54, 1.807) is 24.3 Å². The minimum atomic E-state index is -0.410. The summed E-state index contributed by atoms with van der Waals surface area (Å²) < 4.78 is 23.6. The third kappa shape index (κ3) is 4.97. The maximum Gasteiger partial charge on any atom is 0.336 e. The van der Waals surface area contributed by atoms with E-state index in [1.165, 1.54) is 18.2 Å². The Labute approximate surface area is 162 Å². The molecule has 5 nitrogen and oxygen atoms in total. The molecule has 0 atom stereocenters. The van der Waals surface area contributed by atoms with Gasteiger partial charge in [-0.15, -0.1) is 0 Å². The molecule has 2 aromatic carbocycles. The zero-order valence-electron chi connectivity index (χ0n) is 15.8. The normalized spacial score (nSPS) is 11.0. The minimum absolute atomic E-state index is 0.150. The van der Waals surface area contributed by atoms with Crippen LogP contribution in [0.3, 0.4) is 0 Å². The Morgan fingerprint density at radius 2 is 1.89 bits per heavy atom. The number of carbonyl (C=O) groups is 1. The first-order chi connectivity index (χ1) is 13.4. The lowest BCUT2D eigenvalue weighted by Gasteiger charge is -2.11. The number of fused-ring (bicyclic) bond motifs is 1. The largest absolute Gasteiger partial charge is 0.484 e. The van der Waals surface area contributed by atoms with Crippen molar-refractivity contribution in [1.29, 1.82) is 0 Å². The van der Waals surface area contributed by atoms with E-state index in [0.717, 1.165) is 16.5 Å². The van der Waals surface area contributed by atoms with Gasteiger partial charge in [0.2, 0.25) is 0 Å². The van der Waals surface area contributed by atoms with Gasteiger partial charge in [-0.2, -0.15) is 0 Å². The van der Waals surface area contributed by atoms with Crippen LogP contribution in [0.15, 0.2) is 57.7 Å². The molecule has 1 heterocycles. The molecule has 1 amide bonds. The zero-order chi connectivity index (χ0) is 20.1. The first-order valence-electron chi connectivity index (χ1n) is 9.14. The first-order valence-corrected chi connectivity index (χ1v) is 9.14. The molecule has 0 radical (unpaired) electrons. The molecule has 0 spiro atoms. The van der Waals surface area contributed by atoms with Gasteiger partial charge in [0.15, 0.2) is 6.61 Å². The summed E-state index contributed by atoms with van der Waals surface area (Å²) >= 11 is 0. The minimum Gasteiger partial charge on any atom is -0.484 e. The highest BCUT2D eigenvalue weighted by molar-refractivity contribution is 5.82. The van der Waals surface area contributed by atoms with Gasteiger partial charge in [0.25, 0.3) is 5.91 Å². The predicted molar refractivity (Wildman–Crippen MR) is 105 cm³/mol. The molecule has 0 bridgehead atoms. The van der Waals surface area contributed by atoms with Gasteiger partial charge in [0.05, 0.1) is 0 Å². The Kier molecular flexibility index (Phi) is 6.09. The molecular formula is C22H22FNO4. The average Bonchev–Trinajstić information content (AvgIpc) is 2.67. The number of hydrogen-bond donors (Lipinski definition) is 1. The molecule has 0 unspecified atom stereocenters. The lowest BCUT2D eigenvalue weighted by molar-refractivity contribution is -0.123. The van der Waals surface area contributed by atoms with Crippen molar-refractivity contribution in [1.82, 2.24) is 5.32 Å². The number of hydrogen-bond acceptors (Lipinski definition) is 4. The second-order valence-corrected chi connectivity index (χ2v) is 6.85. The second-order valence-electron chi connectivity index (χ2n) is 6.85. The van der Waals surface area contributed by atoms with Crippen molar-refractivity contribution >= 4 is 16.9 Å². The molecule has 0 aliphatic rings. The van der Waals surface area contributed by atoms with Crippen LogP contribution in [0.1, 0.15) is 30.9 Å². The summed E-state index contributed by atoms with van der Waals surface area (Å²) in [4.78, 5) is 23.7. The van der Waals surface area contributed by atoms with Crippen LogP contribution in [0, 0.1) is 5.82 Å². The van der Waals surface area contributed by atoms with Crippen LogP contribution in [0.4, 0.5) is 4.39 Å². The third-order valence-corrected chi connectivity index (χ3v) is 4.39. The SMILES string of the molecule is CC(C)c1cc(=O)oc2cc(OCC(=O)NCCc3ccc(F)cc3)ccc12. The van der Waals surface area contributed by atoms with Gasteiger partial charge in [-0.25, -0.2) is 9.18 Å². The number of ether oxygens (including phenoxy) is 1. The molecule has 1 aromatic heterocycles. The van der Waals surface area contributed by atoms with Crippen LogP contribution in [0.25, 0.3) is 11.0 Å². The Balaban J connectivity index is 1.56. The number of halogens is 1. The summed E-state index contributed by atoms with van der Waals surface area (Å²) in [7, 11) is 0. The van der Waals surface area contributed by atoms with E-state index < -0.39 is 5.63 Å². The Hall–Kier alpha value is -3.15. The van der Waals surface area contributed by atoms with Crippen LogP contribution < -0.4 is 15.7 Å². The second kappa shape index (κ2) is 8.69. The number of carbonyl (C=O) groups excluding carboxylic acids is 1. The highest BCUT2D eigenvalue weighted by atomic mass is 19.1. The summed E-state index contributed by atoms with van der Waals surface area (Å²) in [5, 5.41) is 3.61. The van der Waals surface area contributed by atoms with E-state index in [9.17, 15) is 14.0 Å². The Bertz CT molecular complexity index is 1020. The van der Waals surface area contributed by atoms with Crippen molar-refractivity contribution in [3.63, 3.8) is 0 Å². The lowest BCUT2D eigenvalue weighted by Crippen LogP contribution is -2.30. The summed E-state index contributed by atoms with van der Waals surface area (Å²) in [6.07, 6.45) is 0.602. The topological polar surface area (TPSA) is 68.5 Å². The average molecular weight is 383 g/mol. The molecule has 146 valence electrons. The smallest absolute Gasteiger partial charge is 0.336 e. The molecule has 3 aromatic rings. The fourth-order valence-electron chi connectivity index (χ4n) is 2.93. The standard InChI is InChI=1S/C22H22FNO4/c1-14(2)19-12-22(26)28-20-11-17(7-8-18(19)20)27-13-21(25)24-10-9-15-3-5-16(23)6-4-15/h3-8,11-12,14H,9-10,13H2,1-2H3,(H,24,25). The van der Waals surface area contributed by atoms with Gasteiger partial charge in [-0.1, -0.05) is 26.0 Å². The van der Waals surface area contributed by atoms with E-state index in [2.05, 4.69) is 5.32 Å². The predicted octanol–water partition coefficient (Wildman–Crippen LogP) is 3.79. The maximum absolute atomic E-state index is 12.9. The Morgan fingerprint density at radius 3 is 2.61 bits per heavy atom. The van der Waals surface area contributed by atoms with Gasteiger partial charge >= 0.3 is 5.63 Å². The van der Waals surface area contributed by atoms with E-state index >= 15 is 0 Å². The highest BCUT2D eigenvalue weighted by Gasteiger charge is 2.10. The van der Waals surface area contributed by atoms with Gasteiger partial charge in [-0.3, -0.25) is 4.79 Å². The third-order valence-electron chi connectivity index (χ3n) is 4.39. The number of amides is 1. The molecule has 0 aliphatic carbocycles. The number of rotatable bonds is 7. The van der Waals surface area contributed by atoms with Crippen molar-refractivity contribution < 1.29 is 18.3 Å². The van der Waals surface area contributed by atoms with Crippen molar-refractivity contribution in [2.75, 3.05) is 13.2 Å². The van der Waals surface area contributed by atoms with Gasteiger partial charge in [0, 0.05) is 24.1 Å². The van der Waals surface area contributed by atoms with E-state index in [0.29, 0.717) is 24.3 Å². The summed E-state index contributed by atoms with van der Waals surface area (Å²) in [5.74, 6) is 0.0861. The summed E-state index contributed by atoms with van der Waals surface area (Å²) in [6, 6.07) is 12.9. The molecule has 0 saturated heterocycles. The summed E-state index contributed by atoms with van der Waals surface area (Å²) in [5.41, 5.74) is 1.88. The van der Waals surface area contributed by atoms with E-state index in [1.807, 2.05) is 19.9 Å². The van der Waals surface area contributed by atoms with Crippen LogP contribution in [-0.4, -0.2) is 19.1 Å². The Morgan fingerprint density at radius 1 is 1.14 bits per heavy atom. The van der Waals surface area contributed by atoms with E-state index in [4.69, 9.17) is 9.15 Å². The van der Waals surface area contributed by atoms with Crippen molar-refractivity contribution in [3.05, 3.63) is 75.9 Å². The molecule has 3 rings (SSSR count). The summed E-state index contributed by atoms with van der Waals surface area (Å²) in [6.45, 7) is 4.30. The van der Waals surface area contributed by atoms with Crippen LogP contribution in [0.5, 0.6) is 5.75 Å². The molecule has 0 aliphatic heterocycles. The van der Waals surface area contributed by atoms with Crippen molar-refractivity contribution in [3.8, 4) is 5.75 Å². The monoisotopic (exact) mass is 383 g/mol. The van der Waals surface area contributed by atoms with E-state index in [-0.39, 0.29) is 24.2 Å². The first kappa shape index (κ1) is 19.6. The maximum atomic E-state index is 12.9. The number of benzene rings is 2. The molecule has 0 saturated carbocycles. The zero-order valence-corrected chi connectivity index (χ0v) is 15.8. The molecule has 1 N–H and O–H groups in total. The van der Waals surface area contributed by atoms with Gasteiger partial charge < -0.3 is 14.5 Å². The highest BCUT2D eigenvalue weighted by Crippen LogP contribution is 2.26. The lowest BCUT2D eigenvalue weighted by atomic mass is 10.00.